The van der Waals surface area contributed by atoms with E-state index in [9.17, 15) is 0 Å². The van der Waals surface area contributed by atoms with Crippen molar-refractivity contribution in [2.24, 2.45) is 0 Å². The zero-order valence-electron chi connectivity index (χ0n) is 19.2. The minimum absolute atomic E-state index is 0.513. The standard InChI is InChI=1S/C28H33ClN2O2/c29-26-14-13-25(28(22-26)33-27-11-5-2-6-12-27)23-32-21-20-31-18-16-30(17-19-31)15-7-10-24-8-3-1-4-9-24/h1-6,8-9,11-14,22H,7,10,15-21,23H2. The third kappa shape index (κ3) is 7.86. The van der Waals surface area contributed by atoms with E-state index < -0.39 is 0 Å². The minimum atomic E-state index is 0.513. The van der Waals surface area contributed by atoms with E-state index in [0.29, 0.717) is 18.2 Å². The zero-order chi connectivity index (χ0) is 22.7. The predicted molar refractivity (Wildman–Crippen MR) is 135 cm³/mol. The van der Waals surface area contributed by atoms with Crippen molar-refractivity contribution in [3.63, 3.8) is 0 Å². The maximum absolute atomic E-state index is 6.19. The molecule has 174 valence electrons. The van der Waals surface area contributed by atoms with Crippen LogP contribution < -0.4 is 4.74 Å². The number of hydrogen-bond donors (Lipinski definition) is 0. The van der Waals surface area contributed by atoms with Crippen LogP contribution in [0, 0.1) is 0 Å². The van der Waals surface area contributed by atoms with E-state index in [1.807, 2.05) is 48.5 Å². The Morgan fingerprint density at radius 1 is 0.758 bits per heavy atom. The Bertz CT molecular complexity index is 960. The summed E-state index contributed by atoms with van der Waals surface area (Å²) in [6, 6.07) is 26.3. The molecule has 5 heteroatoms. The summed E-state index contributed by atoms with van der Waals surface area (Å²) in [7, 11) is 0. The van der Waals surface area contributed by atoms with Crippen molar-refractivity contribution in [3.8, 4) is 11.5 Å². The van der Waals surface area contributed by atoms with Gasteiger partial charge in [0.15, 0.2) is 0 Å². The van der Waals surface area contributed by atoms with Crippen LogP contribution in [-0.2, 0) is 17.8 Å². The topological polar surface area (TPSA) is 24.9 Å². The van der Waals surface area contributed by atoms with Gasteiger partial charge in [0, 0.05) is 43.3 Å². The molecule has 1 heterocycles. The monoisotopic (exact) mass is 464 g/mol. The average molecular weight is 465 g/mol. The van der Waals surface area contributed by atoms with Gasteiger partial charge in [0.25, 0.3) is 0 Å². The van der Waals surface area contributed by atoms with E-state index in [0.717, 1.165) is 56.2 Å². The van der Waals surface area contributed by atoms with Gasteiger partial charge in [-0.3, -0.25) is 4.90 Å². The quantitative estimate of drug-likeness (QED) is 0.330. The maximum atomic E-state index is 6.19. The number of aryl methyl sites for hydroxylation is 1. The van der Waals surface area contributed by atoms with Crippen LogP contribution >= 0.6 is 11.6 Å². The molecule has 1 aliphatic rings. The lowest BCUT2D eigenvalue weighted by Gasteiger charge is -2.34. The molecule has 4 rings (SSSR count). The SMILES string of the molecule is Clc1ccc(COCCN2CCN(CCCc3ccccc3)CC2)c(Oc2ccccc2)c1. The van der Waals surface area contributed by atoms with Crippen molar-refractivity contribution in [3.05, 3.63) is 95.0 Å². The molecular weight excluding hydrogens is 432 g/mol. The number of rotatable bonds is 11. The maximum Gasteiger partial charge on any atom is 0.134 e. The molecule has 33 heavy (non-hydrogen) atoms. The predicted octanol–water partition coefficient (Wildman–Crippen LogP) is 5.90. The van der Waals surface area contributed by atoms with E-state index in [2.05, 4.69) is 40.1 Å². The molecule has 4 nitrogen and oxygen atoms in total. The molecule has 3 aromatic carbocycles. The first kappa shape index (κ1) is 23.8. The third-order valence-electron chi connectivity index (χ3n) is 6.06. The Morgan fingerprint density at radius 3 is 2.15 bits per heavy atom. The van der Waals surface area contributed by atoms with Crippen molar-refractivity contribution in [2.45, 2.75) is 19.4 Å². The Balaban J connectivity index is 1.14. The normalized spacial score (nSPS) is 14.9. The lowest BCUT2D eigenvalue weighted by atomic mass is 10.1. The molecule has 0 amide bonds. The highest BCUT2D eigenvalue weighted by atomic mass is 35.5. The molecule has 0 aromatic heterocycles. The van der Waals surface area contributed by atoms with Crippen LogP contribution in [-0.4, -0.2) is 55.7 Å². The first-order chi connectivity index (χ1) is 16.3. The molecular formula is C28H33ClN2O2. The fourth-order valence-corrected chi connectivity index (χ4v) is 4.28. The minimum Gasteiger partial charge on any atom is -0.457 e. The Labute approximate surface area is 202 Å². The van der Waals surface area contributed by atoms with Gasteiger partial charge < -0.3 is 14.4 Å². The highest BCUT2D eigenvalue weighted by Crippen LogP contribution is 2.29. The Kier molecular flexibility index (Phi) is 9.19. The Hall–Kier alpha value is -2.37. The molecule has 1 saturated heterocycles. The lowest BCUT2D eigenvalue weighted by molar-refractivity contribution is 0.0676. The molecule has 0 bridgehead atoms. The van der Waals surface area contributed by atoms with Gasteiger partial charge in [-0.15, -0.1) is 0 Å². The van der Waals surface area contributed by atoms with Crippen LogP contribution in [0.15, 0.2) is 78.9 Å². The summed E-state index contributed by atoms with van der Waals surface area (Å²) in [6.45, 7) is 7.86. The summed E-state index contributed by atoms with van der Waals surface area (Å²) >= 11 is 6.19. The second kappa shape index (κ2) is 12.8. The number of halogens is 1. The van der Waals surface area contributed by atoms with Gasteiger partial charge in [-0.1, -0.05) is 66.2 Å². The van der Waals surface area contributed by atoms with E-state index in [-0.39, 0.29) is 0 Å². The molecule has 0 atom stereocenters. The molecule has 3 aromatic rings. The highest BCUT2D eigenvalue weighted by Gasteiger charge is 2.16. The molecule has 0 aliphatic carbocycles. The molecule has 0 N–H and O–H groups in total. The molecule has 0 radical (unpaired) electrons. The average Bonchev–Trinajstić information content (AvgIpc) is 2.85. The number of piperazine rings is 1. The van der Waals surface area contributed by atoms with Crippen LogP contribution in [0.3, 0.4) is 0 Å². The molecule has 0 unspecified atom stereocenters. The van der Waals surface area contributed by atoms with E-state index in [1.165, 1.54) is 18.5 Å². The number of para-hydroxylation sites is 1. The summed E-state index contributed by atoms with van der Waals surface area (Å²) in [5, 5.41) is 0.659. The van der Waals surface area contributed by atoms with E-state index in [4.69, 9.17) is 21.1 Å². The second-order valence-electron chi connectivity index (χ2n) is 8.49. The van der Waals surface area contributed by atoms with Crippen LogP contribution in [0.25, 0.3) is 0 Å². The molecule has 0 saturated carbocycles. The summed E-state index contributed by atoms with van der Waals surface area (Å²) in [5.74, 6) is 1.54. The largest absolute Gasteiger partial charge is 0.457 e. The number of benzene rings is 3. The Morgan fingerprint density at radius 2 is 1.42 bits per heavy atom. The van der Waals surface area contributed by atoms with Gasteiger partial charge in [-0.25, -0.2) is 0 Å². The lowest BCUT2D eigenvalue weighted by Crippen LogP contribution is -2.47. The summed E-state index contributed by atoms with van der Waals surface area (Å²) in [4.78, 5) is 5.08. The first-order valence-electron chi connectivity index (χ1n) is 11.8. The van der Waals surface area contributed by atoms with Gasteiger partial charge in [0.1, 0.15) is 11.5 Å². The van der Waals surface area contributed by atoms with Gasteiger partial charge in [0.2, 0.25) is 0 Å². The second-order valence-corrected chi connectivity index (χ2v) is 8.93. The number of ether oxygens (including phenoxy) is 2. The number of hydrogen-bond acceptors (Lipinski definition) is 4. The van der Waals surface area contributed by atoms with Gasteiger partial charge in [-0.2, -0.15) is 0 Å². The van der Waals surface area contributed by atoms with Gasteiger partial charge in [-0.05, 0) is 49.2 Å². The summed E-state index contributed by atoms with van der Waals surface area (Å²) in [5.41, 5.74) is 2.44. The van der Waals surface area contributed by atoms with Gasteiger partial charge >= 0.3 is 0 Å². The smallest absolute Gasteiger partial charge is 0.134 e. The third-order valence-corrected chi connectivity index (χ3v) is 6.29. The first-order valence-corrected chi connectivity index (χ1v) is 12.2. The van der Waals surface area contributed by atoms with Crippen molar-refractivity contribution >= 4 is 11.6 Å². The van der Waals surface area contributed by atoms with Crippen molar-refractivity contribution in [1.29, 1.82) is 0 Å². The van der Waals surface area contributed by atoms with Crippen molar-refractivity contribution < 1.29 is 9.47 Å². The van der Waals surface area contributed by atoms with Crippen molar-refractivity contribution in [2.75, 3.05) is 45.9 Å². The summed E-state index contributed by atoms with van der Waals surface area (Å²) in [6.07, 6.45) is 2.39. The van der Waals surface area contributed by atoms with Crippen LogP contribution in [0.2, 0.25) is 5.02 Å². The van der Waals surface area contributed by atoms with E-state index >= 15 is 0 Å². The van der Waals surface area contributed by atoms with Crippen LogP contribution in [0.1, 0.15) is 17.5 Å². The summed E-state index contributed by atoms with van der Waals surface area (Å²) < 4.78 is 12.0. The fourth-order valence-electron chi connectivity index (χ4n) is 4.12. The molecule has 1 fully saturated rings. The molecule has 0 spiro atoms. The van der Waals surface area contributed by atoms with Crippen molar-refractivity contribution in [1.82, 2.24) is 9.80 Å². The van der Waals surface area contributed by atoms with Crippen LogP contribution in [0.5, 0.6) is 11.5 Å². The molecule has 1 aliphatic heterocycles. The van der Waals surface area contributed by atoms with E-state index in [1.54, 1.807) is 0 Å². The number of nitrogens with zero attached hydrogens (tertiary/aromatic N) is 2. The van der Waals surface area contributed by atoms with Gasteiger partial charge in [0.05, 0.1) is 13.2 Å². The highest BCUT2D eigenvalue weighted by molar-refractivity contribution is 6.30. The van der Waals surface area contributed by atoms with Crippen LogP contribution in [0.4, 0.5) is 0 Å². The zero-order valence-corrected chi connectivity index (χ0v) is 19.9. The fraction of sp³-hybridized carbons (Fsp3) is 0.357.